The van der Waals surface area contributed by atoms with Crippen molar-refractivity contribution < 1.29 is 9.53 Å². The summed E-state index contributed by atoms with van der Waals surface area (Å²) in [7, 11) is 0. The Bertz CT molecular complexity index is 304. The molecule has 18 heavy (non-hydrogen) atoms. The molecule has 0 heterocycles. The van der Waals surface area contributed by atoms with Crippen molar-refractivity contribution in [2.45, 2.75) is 63.5 Å². The Morgan fingerprint density at radius 3 is 2.50 bits per heavy atom. The van der Waals surface area contributed by atoms with Crippen molar-refractivity contribution in [2.75, 3.05) is 6.61 Å². The fourth-order valence-electron chi connectivity index (χ4n) is 3.09. The Hall–Kier alpha value is -0.610. The first-order valence-electron chi connectivity index (χ1n) is 7.28. The van der Waals surface area contributed by atoms with Gasteiger partial charge in [-0.25, -0.2) is 0 Å². The van der Waals surface area contributed by atoms with Gasteiger partial charge in [0.25, 0.3) is 0 Å². The summed E-state index contributed by atoms with van der Waals surface area (Å²) >= 11 is 0. The number of hydrogen-bond acceptors (Lipinski definition) is 3. The Morgan fingerprint density at radius 1 is 1.28 bits per heavy atom. The molecule has 0 bridgehead atoms. The van der Waals surface area contributed by atoms with Gasteiger partial charge in [0.05, 0.1) is 12.7 Å². The second-order valence-corrected chi connectivity index (χ2v) is 5.98. The second kappa shape index (κ2) is 5.57. The van der Waals surface area contributed by atoms with E-state index in [2.05, 4.69) is 6.92 Å². The van der Waals surface area contributed by atoms with E-state index >= 15 is 0 Å². The molecule has 0 aromatic rings. The summed E-state index contributed by atoms with van der Waals surface area (Å²) in [6.45, 7) is 2.51. The Morgan fingerprint density at radius 2 is 1.94 bits per heavy atom. The fourth-order valence-corrected chi connectivity index (χ4v) is 3.09. The Kier molecular flexibility index (Phi) is 4.28. The van der Waals surface area contributed by atoms with E-state index in [9.17, 15) is 4.79 Å². The number of nitrogens with two attached hydrogens (primary N) is 2. The molecule has 2 fully saturated rings. The van der Waals surface area contributed by atoms with Crippen LogP contribution in [0, 0.1) is 11.8 Å². The number of amides is 1. The fraction of sp³-hybridized carbons (Fsp3) is 0.929. The van der Waals surface area contributed by atoms with Crippen molar-refractivity contribution >= 4 is 5.91 Å². The zero-order valence-corrected chi connectivity index (χ0v) is 11.4. The normalized spacial score (nSPS) is 31.9. The van der Waals surface area contributed by atoms with E-state index in [0.717, 1.165) is 25.7 Å². The summed E-state index contributed by atoms with van der Waals surface area (Å²) in [5.41, 5.74) is 10.7. The second-order valence-electron chi connectivity index (χ2n) is 5.98. The SMILES string of the molecule is CCC1CCCCC1OCC(N)(C(N)=O)C1CC1. The van der Waals surface area contributed by atoms with Crippen LogP contribution in [0.25, 0.3) is 0 Å². The highest BCUT2D eigenvalue weighted by Gasteiger charge is 2.47. The number of rotatable bonds is 6. The molecule has 3 unspecified atom stereocenters. The summed E-state index contributed by atoms with van der Waals surface area (Å²) < 4.78 is 5.99. The van der Waals surface area contributed by atoms with Crippen LogP contribution in [0.3, 0.4) is 0 Å². The molecule has 4 heteroatoms. The lowest BCUT2D eigenvalue weighted by Gasteiger charge is -2.34. The summed E-state index contributed by atoms with van der Waals surface area (Å²) in [5.74, 6) is 0.447. The number of ether oxygens (including phenoxy) is 1. The lowest BCUT2D eigenvalue weighted by Crippen LogP contribution is -2.58. The maximum atomic E-state index is 11.5. The van der Waals surface area contributed by atoms with Gasteiger partial charge in [0, 0.05) is 0 Å². The molecule has 0 spiro atoms. The lowest BCUT2D eigenvalue weighted by atomic mass is 9.84. The molecule has 4 N–H and O–H groups in total. The van der Waals surface area contributed by atoms with E-state index in [1.807, 2.05) is 0 Å². The largest absolute Gasteiger partial charge is 0.375 e. The molecule has 1 amide bonds. The van der Waals surface area contributed by atoms with Crippen LogP contribution >= 0.6 is 0 Å². The monoisotopic (exact) mass is 254 g/mol. The van der Waals surface area contributed by atoms with Crippen molar-refractivity contribution in [3.05, 3.63) is 0 Å². The van der Waals surface area contributed by atoms with Crippen molar-refractivity contribution in [2.24, 2.45) is 23.3 Å². The Balaban J connectivity index is 1.90. The zero-order chi connectivity index (χ0) is 13.2. The van der Waals surface area contributed by atoms with Crippen LogP contribution < -0.4 is 11.5 Å². The van der Waals surface area contributed by atoms with Crippen molar-refractivity contribution in [1.29, 1.82) is 0 Å². The van der Waals surface area contributed by atoms with Gasteiger partial charge in [-0.2, -0.15) is 0 Å². The summed E-state index contributed by atoms with van der Waals surface area (Å²) in [6, 6.07) is 0. The van der Waals surface area contributed by atoms with Gasteiger partial charge < -0.3 is 16.2 Å². The third-order valence-electron chi connectivity index (χ3n) is 4.66. The van der Waals surface area contributed by atoms with Gasteiger partial charge in [0.2, 0.25) is 5.91 Å². The first-order valence-corrected chi connectivity index (χ1v) is 7.28. The van der Waals surface area contributed by atoms with Crippen molar-refractivity contribution in [3.8, 4) is 0 Å². The molecule has 4 nitrogen and oxygen atoms in total. The van der Waals surface area contributed by atoms with Crippen LogP contribution in [-0.2, 0) is 9.53 Å². The molecule has 0 saturated heterocycles. The average Bonchev–Trinajstić information content (AvgIpc) is 3.20. The topological polar surface area (TPSA) is 78.3 Å². The van der Waals surface area contributed by atoms with Gasteiger partial charge in [-0.15, -0.1) is 0 Å². The minimum Gasteiger partial charge on any atom is -0.375 e. The van der Waals surface area contributed by atoms with Gasteiger partial charge in [-0.05, 0) is 37.5 Å². The quantitative estimate of drug-likeness (QED) is 0.755. The van der Waals surface area contributed by atoms with Crippen LogP contribution in [-0.4, -0.2) is 24.2 Å². The molecule has 0 aromatic heterocycles. The van der Waals surface area contributed by atoms with Crippen LogP contribution in [0.5, 0.6) is 0 Å². The maximum Gasteiger partial charge on any atom is 0.240 e. The smallest absolute Gasteiger partial charge is 0.240 e. The predicted octanol–water partition coefficient (Wildman–Crippen LogP) is 1.56. The van der Waals surface area contributed by atoms with Gasteiger partial charge in [0.1, 0.15) is 5.54 Å². The van der Waals surface area contributed by atoms with Gasteiger partial charge in [-0.3, -0.25) is 4.79 Å². The van der Waals surface area contributed by atoms with E-state index in [1.165, 1.54) is 19.3 Å². The third-order valence-corrected chi connectivity index (χ3v) is 4.66. The van der Waals surface area contributed by atoms with E-state index in [4.69, 9.17) is 16.2 Å². The lowest BCUT2D eigenvalue weighted by molar-refractivity contribution is -0.129. The molecule has 2 saturated carbocycles. The molecule has 0 aliphatic heterocycles. The van der Waals surface area contributed by atoms with Crippen molar-refractivity contribution in [3.63, 3.8) is 0 Å². The minimum atomic E-state index is -0.935. The third kappa shape index (κ3) is 2.86. The van der Waals surface area contributed by atoms with E-state index in [0.29, 0.717) is 12.5 Å². The summed E-state index contributed by atoms with van der Waals surface area (Å²) in [4.78, 5) is 11.5. The highest BCUT2D eigenvalue weighted by atomic mass is 16.5. The average molecular weight is 254 g/mol. The molecular weight excluding hydrogens is 228 g/mol. The molecule has 3 atom stereocenters. The van der Waals surface area contributed by atoms with Crippen LogP contribution in [0.2, 0.25) is 0 Å². The highest BCUT2D eigenvalue weighted by molar-refractivity contribution is 5.85. The molecule has 2 aliphatic carbocycles. The standard InChI is InChI=1S/C14H26N2O2/c1-2-10-5-3-4-6-12(10)18-9-14(16,13(15)17)11-7-8-11/h10-12H,2-9,16H2,1H3,(H2,15,17). The van der Waals surface area contributed by atoms with E-state index < -0.39 is 11.4 Å². The first kappa shape index (κ1) is 13.8. The number of primary amides is 1. The van der Waals surface area contributed by atoms with Crippen LogP contribution in [0.15, 0.2) is 0 Å². The van der Waals surface area contributed by atoms with Gasteiger partial charge in [0.15, 0.2) is 0 Å². The number of carbonyl (C=O) groups is 1. The summed E-state index contributed by atoms with van der Waals surface area (Å²) in [6.07, 6.45) is 8.27. The first-order chi connectivity index (χ1) is 8.58. The number of hydrogen-bond donors (Lipinski definition) is 2. The molecular formula is C14H26N2O2. The van der Waals surface area contributed by atoms with Crippen LogP contribution in [0.4, 0.5) is 0 Å². The van der Waals surface area contributed by atoms with Crippen molar-refractivity contribution in [1.82, 2.24) is 0 Å². The molecule has 104 valence electrons. The molecule has 0 radical (unpaired) electrons. The predicted molar refractivity (Wildman–Crippen MR) is 70.8 cm³/mol. The summed E-state index contributed by atoms with van der Waals surface area (Å²) in [5, 5.41) is 0. The molecule has 2 rings (SSSR count). The highest BCUT2D eigenvalue weighted by Crippen LogP contribution is 2.39. The number of carbonyl (C=O) groups excluding carboxylic acids is 1. The van der Waals surface area contributed by atoms with E-state index in [-0.39, 0.29) is 12.0 Å². The van der Waals surface area contributed by atoms with E-state index in [1.54, 1.807) is 0 Å². The molecule has 2 aliphatic rings. The molecule has 0 aromatic carbocycles. The maximum absolute atomic E-state index is 11.5. The van der Waals surface area contributed by atoms with Gasteiger partial charge >= 0.3 is 0 Å². The Labute approximate surface area is 109 Å². The van der Waals surface area contributed by atoms with Crippen LogP contribution in [0.1, 0.15) is 51.9 Å². The minimum absolute atomic E-state index is 0.235. The zero-order valence-electron chi connectivity index (χ0n) is 11.4. The van der Waals surface area contributed by atoms with Gasteiger partial charge in [-0.1, -0.05) is 26.2 Å².